The van der Waals surface area contributed by atoms with Crippen molar-refractivity contribution in [1.29, 1.82) is 0 Å². The van der Waals surface area contributed by atoms with Gasteiger partial charge in [0.25, 0.3) is 0 Å². The standard InChI is InChI=1S/C14H21N5O/c1-5-12-11(9-19(4)18-12)8-15-14-16-10(3)7-13(17-14)20-6-2/h7,9H,5-6,8H2,1-4H3,(H,15,16,17). The Balaban J connectivity index is 2.10. The smallest absolute Gasteiger partial charge is 0.226 e. The third-order valence-electron chi connectivity index (χ3n) is 2.89. The van der Waals surface area contributed by atoms with Gasteiger partial charge in [0, 0.05) is 37.1 Å². The molecule has 108 valence electrons. The lowest BCUT2D eigenvalue weighted by molar-refractivity contribution is 0.326. The zero-order valence-corrected chi connectivity index (χ0v) is 12.5. The Hall–Kier alpha value is -2.11. The lowest BCUT2D eigenvalue weighted by Gasteiger charge is -2.08. The highest BCUT2D eigenvalue weighted by Gasteiger charge is 2.07. The molecule has 0 fully saturated rings. The molecule has 2 aromatic heterocycles. The lowest BCUT2D eigenvalue weighted by Crippen LogP contribution is -2.07. The topological polar surface area (TPSA) is 64.9 Å². The zero-order valence-electron chi connectivity index (χ0n) is 12.5. The summed E-state index contributed by atoms with van der Waals surface area (Å²) in [6.45, 7) is 7.22. The van der Waals surface area contributed by atoms with Gasteiger partial charge in [-0.1, -0.05) is 6.92 Å². The second-order valence-electron chi connectivity index (χ2n) is 4.59. The Morgan fingerprint density at radius 1 is 1.30 bits per heavy atom. The summed E-state index contributed by atoms with van der Waals surface area (Å²) in [4.78, 5) is 8.69. The second kappa shape index (κ2) is 6.36. The molecule has 1 N–H and O–H groups in total. The molecule has 6 heteroatoms. The van der Waals surface area contributed by atoms with Crippen molar-refractivity contribution in [3.05, 3.63) is 29.2 Å². The van der Waals surface area contributed by atoms with Gasteiger partial charge in [0.1, 0.15) is 0 Å². The summed E-state index contributed by atoms with van der Waals surface area (Å²) in [5.74, 6) is 1.18. The van der Waals surface area contributed by atoms with E-state index in [1.54, 1.807) is 0 Å². The number of aryl methyl sites for hydroxylation is 3. The lowest BCUT2D eigenvalue weighted by atomic mass is 10.2. The molecule has 0 amide bonds. The fourth-order valence-electron chi connectivity index (χ4n) is 2.04. The Bertz CT molecular complexity index is 579. The summed E-state index contributed by atoms with van der Waals surface area (Å²) >= 11 is 0. The van der Waals surface area contributed by atoms with Gasteiger partial charge >= 0.3 is 0 Å². The van der Waals surface area contributed by atoms with E-state index in [1.807, 2.05) is 37.8 Å². The van der Waals surface area contributed by atoms with Crippen molar-refractivity contribution in [1.82, 2.24) is 19.7 Å². The van der Waals surface area contributed by atoms with Crippen LogP contribution in [0, 0.1) is 6.92 Å². The minimum atomic E-state index is 0.583. The normalized spacial score (nSPS) is 10.6. The van der Waals surface area contributed by atoms with Crippen molar-refractivity contribution >= 4 is 5.95 Å². The number of ether oxygens (including phenoxy) is 1. The van der Waals surface area contributed by atoms with E-state index >= 15 is 0 Å². The summed E-state index contributed by atoms with van der Waals surface area (Å²) in [7, 11) is 1.93. The van der Waals surface area contributed by atoms with Crippen molar-refractivity contribution in [2.75, 3.05) is 11.9 Å². The van der Waals surface area contributed by atoms with Gasteiger partial charge in [0.2, 0.25) is 11.8 Å². The van der Waals surface area contributed by atoms with E-state index in [4.69, 9.17) is 4.74 Å². The molecule has 2 heterocycles. The first-order valence-electron chi connectivity index (χ1n) is 6.86. The molecule has 0 atom stereocenters. The summed E-state index contributed by atoms with van der Waals surface area (Å²) in [6, 6.07) is 1.83. The molecule has 0 radical (unpaired) electrons. The molecule has 2 aromatic rings. The molecule has 0 spiro atoms. The Kier molecular flexibility index (Phi) is 4.55. The van der Waals surface area contributed by atoms with Gasteiger partial charge in [-0.3, -0.25) is 4.68 Å². The van der Waals surface area contributed by atoms with Crippen LogP contribution >= 0.6 is 0 Å². The third kappa shape index (κ3) is 3.46. The van der Waals surface area contributed by atoms with Crippen LogP contribution < -0.4 is 10.1 Å². The van der Waals surface area contributed by atoms with E-state index in [2.05, 4.69) is 27.3 Å². The van der Waals surface area contributed by atoms with E-state index < -0.39 is 0 Å². The maximum Gasteiger partial charge on any atom is 0.226 e. The van der Waals surface area contributed by atoms with Gasteiger partial charge in [-0.05, 0) is 20.3 Å². The van der Waals surface area contributed by atoms with Crippen molar-refractivity contribution < 1.29 is 4.74 Å². The molecule has 0 saturated carbocycles. The van der Waals surface area contributed by atoms with E-state index in [0.717, 1.165) is 23.4 Å². The molecule has 20 heavy (non-hydrogen) atoms. The molecule has 0 bridgehead atoms. The van der Waals surface area contributed by atoms with Gasteiger partial charge in [0.15, 0.2) is 0 Å². The fourth-order valence-corrected chi connectivity index (χ4v) is 2.04. The van der Waals surface area contributed by atoms with E-state index in [1.165, 1.54) is 0 Å². The van der Waals surface area contributed by atoms with Gasteiger partial charge in [-0.2, -0.15) is 10.1 Å². The van der Waals surface area contributed by atoms with Gasteiger partial charge in [0.05, 0.1) is 12.3 Å². The summed E-state index contributed by atoms with van der Waals surface area (Å²) in [5, 5.41) is 7.65. The number of nitrogens with one attached hydrogen (secondary N) is 1. The molecular formula is C14H21N5O. The minimum Gasteiger partial charge on any atom is -0.478 e. The number of hydrogen-bond donors (Lipinski definition) is 1. The van der Waals surface area contributed by atoms with Gasteiger partial charge in [-0.15, -0.1) is 0 Å². The molecular weight excluding hydrogens is 254 g/mol. The SMILES string of the molecule is CCOc1cc(C)nc(NCc2cn(C)nc2CC)n1. The van der Waals surface area contributed by atoms with Crippen LogP contribution in [0.2, 0.25) is 0 Å². The molecule has 0 unspecified atom stereocenters. The van der Waals surface area contributed by atoms with Crippen LogP contribution in [-0.4, -0.2) is 26.4 Å². The average Bonchev–Trinajstić information content (AvgIpc) is 2.76. The Morgan fingerprint density at radius 2 is 2.10 bits per heavy atom. The third-order valence-corrected chi connectivity index (χ3v) is 2.89. The zero-order chi connectivity index (χ0) is 14.5. The first kappa shape index (κ1) is 14.3. The Labute approximate surface area is 119 Å². The minimum absolute atomic E-state index is 0.583. The number of anilines is 1. The van der Waals surface area contributed by atoms with Crippen LogP contribution in [0.4, 0.5) is 5.95 Å². The summed E-state index contributed by atoms with van der Waals surface area (Å²) in [6.07, 6.45) is 2.93. The quantitative estimate of drug-likeness (QED) is 0.874. The number of nitrogens with zero attached hydrogens (tertiary/aromatic N) is 4. The van der Waals surface area contributed by atoms with Crippen molar-refractivity contribution in [2.24, 2.45) is 7.05 Å². The van der Waals surface area contributed by atoms with Crippen LogP contribution in [-0.2, 0) is 20.0 Å². The first-order valence-corrected chi connectivity index (χ1v) is 6.86. The highest BCUT2D eigenvalue weighted by molar-refractivity contribution is 5.32. The molecule has 0 aliphatic rings. The van der Waals surface area contributed by atoms with Crippen molar-refractivity contribution in [3.63, 3.8) is 0 Å². The van der Waals surface area contributed by atoms with Crippen LogP contribution in [0.5, 0.6) is 5.88 Å². The largest absolute Gasteiger partial charge is 0.478 e. The predicted molar refractivity (Wildman–Crippen MR) is 77.9 cm³/mol. The number of rotatable bonds is 6. The highest BCUT2D eigenvalue weighted by Crippen LogP contribution is 2.14. The fraction of sp³-hybridized carbons (Fsp3) is 0.500. The second-order valence-corrected chi connectivity index (χ2v) is 4.59. The van der Waals surface area contributed by atoms with Gasteiger partial charge in [-0.25, -0.2) is 4.98 Å². The van der Waals surface area contributed by atoms with Crippen LogP contribution in [0.3, 0.4) is 0 Å². The highest BCUT2D eigenvalue weighted by atomic mass is 16.5. The van der Waals surface area contributed by atoms with E-state index in [0.29, 0.717) is 25.0 Å². The molecule has 0 aromatic carbocycles. The maximum absolute atomic E-state index is 5.42. The van der Waals surface area contributed by atoms with Crippen LogP contribution in [0.15, 0.2) is 12.3 Å². The Morgan fingerprint density at radius 3 is 2.80 bits per heavy atom. The van der Waals surface area contributed by atoms with E-state index in [-0.39, 0.29) is 0 Å². The van der Waals surface area contributed by atoms with Crippen LogP contribution in [0.1, 0.15) is 30.8 Å². The average molecular weight is 275 g/mol. The number of hydrogen-bond acceptors (Lipinski definition) is 5. The summed E-state index contributed by atoms with van der Waals surface area (Å²) in [5.41, 5.74) is 3.14. The van der Waals surface area contributed by atoms with Crippen molar-refractivity contribution in [3.8, 4) is 5.88 Å². The van der Waals surface area contributed by atoms with Crippen molar-refractivity contribution in [2.45, 2.75) is 33.7 Å². The maximum atomic E-state index is 5.42. The predicted octanol–water partition coefficient (Wildman–Crippen LogP) is 2.09. The first-order chi connectivity index (χ1) is 9.62. The van der Waals surface area contributed by atoms with E-state index in [9.17, 15) is 0 Å². The molecule has 0 aliphatic heterocycles. The number of aromatic nitrogens is 4. The van der Waals surface area contributed by atoms with Crippen LogP contribution in [0.25, 0.3) is 0 Å². The molecule has 0 saturated heterocycles. The summed E-state index contributed by atoms with van der Waals surface area (Å²) < 4.78 is 7.25. The molecule has 2 rings (SSSR count). The molecule has 0 aliphatic carbocycles. The van der Waals surface area contributed by atoms with Gasteiger partial charge < -0.3 is 10.1 Å². The molecule has 6 nitrogen and oxygen atoms in total. The monoisotopic (exact) mass is 275 g/mol.